The van der Waals surface area contributed by atoms with Crippen molar-refractivity contribution in [2.45, 2.75) is 31.2 Å². The lowest BCUT2D eigenvalue weighted by molar-refractivity contribution is -0.128. The molecule has 2 N–H and O–H groups in total. The second kappa shape index (κ2) is 5.85. The molecule has 1 heterocycles. The maximum absolute atomic E-state index is 12.1. The van der Waals surface area contributed by atoms with Crippen LogP contribution >= 0.6 is 11.6 Å². The van der Waals surface area contributed by atoms with E-state index in [-0.39, 0.29) is 11.9 Å². The number of halogens is 1. The van der Waals surface area contributed by atoms with E-state index in [1.807, 2.05) is 31.2 Å². The molecule has 0 saturated heterocycles. The van der Waals surface area contributed by atoms with Crippen molar-refractivity contribution in [3.8, 4) is 0 Å². The van der Waals surface area contributed by atoms with Crippen molar-refractivity contribution in [2.75, 3.05) is 7.05 Å². The Bertz CT molecular complexity index is 738. The van der Waals surface area contributed by atoms with Crippen molar-refractivity contribution in [3.05, 3.63) is 58.7 Å². The van der Waals surface area contributed by atoms with Gasteiger partial charge in [0, 0.05) is 18.0 Å². The highest BCUT2D eigenvalue weighted by Gasteiger charge is 2.36. The predicted molar refractivity (Wildman–Crippen MR) is 93.2 cm³/mol. The van der Waals surface area contributed by atoms with Crippen LogP contribution in [0.25, 0.3) is 0 Å². The molecule has 0 saturated carbocycles. The number of carbonyl (C=O) groups excluding carboxylic acids is 1. The molecular weight excluding hydrogens is 310 g/mol. The molecule has 120 valence electrons. The first-order valence-electron chi connectivity index (χ1n) is 7.65. The highest BCUT2D eigenvalue weighted by molar-refractivity contribution is 6.31. The summed E-state index contributed by atoms with van der Waals surface area (Å²) in [6, 6.07) is 8.24. The maximum atomic E-state index is 12.1. The van der Waals surface area contributed by atoms with Crippen molar-refractivity contribution in [1.82, 2.24) is 4.90 Å². The third kappa shape index (κ3) is 3.04. The van der Waals surface area contributed by atoms with E-state index in [9.17, 15) is 4.79 Å². The number of hydrogen-bond acceptors (Lipinski definition) is 3. The van der Waals surface area contributed by atoms with Gasteiger partial charge in [-0.2, -0.15) is 0 Å². The fourth-order valence-electron chi connectivity index (χ4n) is 3.02. The van der Waals surface area contributed by atoms with Gasteiger partial charge in [-0.1, -0.05) is 48.0 Å². The molecule has 1 aromatic carbocycles. The molecule has 0 fully saturated rings. The van der Waals surface area contributed by atoms with E-state index in [1.54, 1.807) is 7.05 Å². The van der Waals surface area contributed by atoms with Crippen molar-refractivity contribution in [3.63, 3.8) is 0 Å². The topological polar surface area (TPSA) is 58.7 Å². The molecule has 2 atom stereocenters. The normalized spacial score (nSPS) is 27.7. The number of nitrogens with two attached hydrogens (primary N) is 1. The first kappa shape index (κ1) is 15.8. The molecule has 1 aliphatic carbocycles. The largest absolute Gasteiger partial charge is 0.369 e. The van der Waals surface area contributed by atoms with Gasteiger partial charge in [-0.25, -0.2) is 4.99 Å². The molecule has 23 heavy (non-hydrogen) atoms. The monoisotopic (exact) mass is 329 g/mol. The van der Waals surface area contributed by atoms with E-state index >= 15 is 0 Å². The Morgan fingerprint density at radius 1 is 1.43 bits per heavy atom. The minimum atomic E-state index is -0.616. The van der Waals surface area contributed by atoms with Crippen LogP contribution < -0.4 is 5.73 Å². The first-order chi connectivity index (χ1) is 10.9. The SMILES string of the molecule is CN1C(=O)CC(C)(c2cccc(C3C=CC(Cl)=CC3)c2)N=C1N. The Kier molecular flexibility index (Phi) is 4.02. The average molecular weight is 330 g/mol. The first-order valence-corrected chi connectivity index (χ1v) is 8.03. The number of nitrogens with zero attached hydrogens (tertiary/aromatic N) is 2. The highest BCUT2D eigenvalue weighted by Crippen LogP contribution is 2.35. The highest BCUT2D eigenvalue weighted by atomic mass is 35.5. The standard InChI is InChI=1S/C18H20ClN3O/c1-18(11-16(23)22(2)17(20)21-18)14-5-3-4-13(10-14)12-6-8-15(19)9-7-12/h3-6,8-10,12H,7,11H2,1-2H3,(H2,20,21). The Morgan fingerprint density at radius 3 is 2.87 bits per heavy atom. The van der Waals surface area contributed by atoms with Crippen LogP contribution in [0.15, 0.2) is 52.5 Å². The Labute approximate surface area is 141 Å². The lowest BCUT2D eigenvalue weighted by Gasteiger charge is -2.34. The molecular formula is C18H20ClN3O. The number of amides is 1. The molecule has 3 rings (SSSR count). The van der Waals surface area contributed by atoms with Crippen LogP contribution in [-0.4, -0.2) is 23.8 Å². The van der Waals surface area contributed by atoms with Gasteiger partial charge >= 0.3 is 0 Å². The van der Waals surface area contributed by atoms with Crippen molar-refractivity contribution in [2.24, 2.45) is 10.7 Å². The minimum absolute atomic E-state index is 0.0160. The zero-order chi connectivity index (χ0) is 16.6. The lowest BCUT2D eigenvalue weighted by Crippen LogP contribution is -2.47. The third-order valence-corrected chi connectivity index (χ3v) is 4.85. The molecule has 0 spiro atoms. The van der Waals surface area contributed by atoms with Crippen LogP contribution in [0, 0.1) is 0 Å². The molecule has 0 bridgehead atoms. The van der Waals surface area contributed by atoms with Crippen LogP contribution in [0.2, 0.25) is 0 Å². The maximum Gasteiger partial charge on any atom is 0.231 e. The number of rotatable bonds is 2. The zero-order valence-corrected chi connectivity index (χ0v) is 14.0. The summed E-state index contributed by atoms with van der Waals surface area (Å²) in [6.07, 6.45) is 7.26. The van der Waals surface area contributed by atoms with E-state index in [1.165, 1.54) is 10.5 Å². The summed E-state index contributed by atoms with van der Waals surface area (Å²) in [7, 11) is 1.65. The van der Waals surface area contributed by atoms with Crippen LogP contribution in [0.1, 0.15) is 36.8 Å². The van der Waals surface area contributed by atoms with Crippen LogP contribution in [-0.2, 0) is 10.3 Å². The fraction of sp³-hybridized carbons (Fsp3) is 0.333. The summed E-state index contributed by atoms with van der Waals surface area (Å²) in [4.78, 5) is 18.1. The average Bonchev–Trinajstić information content (AvgIpc) is 2.53. The third-order valence-electron chi connectivity index (χ3n) is 4.57. The smallest absolute Gasteiger partial charge is 0.231 e. The van der Waals surface area contributed by atoms with Gasteiger partial charge in [-0.3, -0.25) is 9.69 Å². The van der Waals surface area contributed by atoms with Gasteiger partial charge in [0.1, 0.15) is 0 Å². The van der Waals surface area contributed by atoms with E-state index in [0.717, 1.165) is 17.0 Å². The van der Waals surface area contributed by atoms with Crippen molar-refractivity contribution in [1.29, 1.82) is 0 Å². The number of guanidine groups is 1. The van der Waals surface area contributed by atoms with E-state index in [0.29, 0.717) is 12.3 Å². The fourth-order valence-corrected chi connectivity index (χ4v) is 3.18. The second-order valence-electron chi connectivity index (χ2n) is 6.29. The predicted octanol–water partition coefficient (Wildman–Crippen LogP) is 3.24. The van der Waals surface area contributed by atoms with Gasteiger partial charge in [0.05, 0.1) is 12.0 Å². The van der Waals surface area contributed by atoms with Crippen LogP contribution in [0.5, 0.6) is 0 Å². The van der Waals surface area contributed by atoms with Crippen LogP contribution in [0.3, 0.4) is 0 Å². The van der Waals surface area contributed by atoms with E-state index in [2.05, 4.69) is 23.2 Å². The summed E-state index contributed by atoms with van der Waals surface area (Å²) in [6.45, 7) is 1.96. The second-order valence-corrected chi connectivity index (χ2v) is 6.73. The Hall–Kier alpha value is -2.07. The van der Waals surface area contributed by atoms with Crippen molar-refractivity contribution >= 4 is 23.5 Å². The minimum Gasteiger partial charge on any atom is -0.369 e. The van der Waals surface area contributed by atoms with Gasteiger partial charge in [0.15, 0.2) is 5.96 Å². The molecule has 0 radical (unpaired) electrons. The molecule has 2 aliphatic rings. The molecule has 1 aliphatic heterocycles. The Morgan fingerprint density at radius 2 is 2.22 bits per heavy atom. The number of allylic oxidation sites excluding steroid dienone is 4. The summed E-state index contributed by atoms with van der Waals surface area (Å²) >= 11 is 5.99. The van der Waals surface area contributed by atoms with Crippen molar-refractivity contribution < 1.29 is 4.79 Å². The van der Waals surface area contributed by atoms with Gasteiger partial charge in [-0.05, 0) is 30.5 Å². The number of benzene rings is 1. The number of aliphatic imine (C=N–C) groups is 1. The summed E-state index contributed by atoms with van der Waals surface area (Å²) < 4.78 is 0. The summed E-state index contributed by atoms with van der Waals surface area (Å²) in [5.41, 5.74) is 7.49. The van der Waals surface area contributed by atoms with Gasteiger partial charge in [0.25, 0.3) is 0 Å². The zero-order valence-electron chi connectivity index (χ0n) is 13.3. The van der Waals surface area contributed by atoms with Gasteiger partial charge in [0.2, 0.25) is 5.91 Å². The molecule has 5 heteroatoms. The summed E-state index contributed by atoms with van der Waals surface area (Å²) in [5.74, 6) is 0.545. The van der Waals surface area contributed by atoms with E-state index < -0.39 is 5.54 Å². The van der Waals surface area contributed by atoms with Gasteiger partial charge < -0.3 is 5.73 Å². The summed E-state index contributed by atoms with van der Waals surface area (Å²) in [5, 5.41) is 0.780. The Balaban J connectivity index is 1.94. The number of hydrogen-bond donors (Lipinski definition) is 1. The molecule has 4 nitrogen and oxygen atoms in total. The molecule has 2 unspecified atom stereocenters. The van der Waals surface area contributed by atoms with E-state index in [4.69, 9.17) is 17.3 Å². The molecule has 1 amide bonds. The molecule has 1 aromatic rings. The lowest BCUT2D eigenvalue weighted by atomic mass is 9.84. The molecule has 0 aromatic heterocycles. The van der Waals surface area contributed by atoms with Crippen LogP contribution in [0.4, 0.5) is 0 Å². The quantitative estimate of drug-likeness (QED) is 0.905. The van der Waals surface area contributed by atoms with Gasteiger partial charge in [-0.15, -0.1) is 0 Å². The number of carbonyl (C=O) groups is 1.